The number of hydrogen-bond acceptors (Lipinski definition) is 4. The number of carbonyl (C=O) groups is 1. The van der Waals surface area contributed by atoms with Gasteiger partial charge >= 0.3 is 6.18 Å². The van der Waals surface area contributed by atoms with Crippen molar-refractivity contribution >= 4 is 27.3 Å². The summed E-state index contributed by atoms with van der Waals surface area (Å²) in [6, 6.07) is 17.6. The Balaban J connectivity index is 1.66. The largest absolute Gasteiger partial charge is 0.416 e. The van der Waals surface area contributed by atoms with Crippen molar-refractivity contribution in [2.45, 2.75) is 18.0 Å². The lowest BCUT2D eigenvalue weighted by atomic mass is 10.1. The van der Waals surface area contributed by atoms with Crippen molar-refractivity contribution in [1.82, 2.24) is 9.36 Å². The summed E-state index contributed by atoms with van der Waals surface area (Å²) in [6.45, 7) is 1.64. The Morgan fingerprint density at radius 2 is 1.57 bits per heavy atom. The summed E-state index contributed by atoms with van der Waals surface area (Å²) in [5, 5.41) is 2.54. The number of amides is 1. The highest BCUT2D eigenvalue weighted by molar-refractivity contribution is 7.92. The second-order valence-corrected chi connectivity index (χ2v) is 9.75. The Morgan fingerprint density at radius 3 is 2.24 bits per heavy atom. The molecule has 0 spiro atoms. The Labute approximate surface area is 210 Å². The van der Waals surface area contributed by atoms with Crippen LogP contribution in [0.15, 0.2) is 88.6 Å². The third kappa shape index (κ3) is 5.14. The zero-order valence-corrected chi connectivity index (χ0v) is 20.4. The average Bonchev–Trinajstić information content (AvgIpc) is 3.07. The third-order valence-corrected chi connectivity index (χ3v) is 7.04. The number of carbonyl (C=O) groups excluding carboxylic acids is 1. The fourth-order valence-corrected chi connectivity index (χ4v) is 4.83. The minimum Gasteiger partial charge on any atom is -0.316 e. The monoisotopic (exact) mass is 530 g/mol. The molecule has 12 heteroatoms. The maximum Gasteiger partial charge on any atom is 0.416 e. The second-order valence-electron chi connectivity index (χ2n) is 8.07. The van der Waals surface area contributed by atoms with Crippen molar-refractivity contribution < 1.29 is 26.4 Å². The van der Waals surface area contributed by atoms with Crippen molar-refractivity contribution in [3.8, 4) is 5.69 Å². The Hall–Kier alpha value is -4.32. The second kappa shape index (κ2) is 9.62. The summed E-state index contributed by atoms with van der Waals surface area (Å²) in [5.74, 6) is -0.784. The van der Waals surface area contributed by atoms with Gasteiger partial charge in [-0.3, -0.25) is 19.0 Å². The van der Waals surface area contributed by atoms with Gasteiger partial charge in [-0.2, -0.15) is 13.2 Å². The highest BCUT2D eigenvalue weighted by Crippen LogP contribution is 2.31. The first kappa shape index (κ1) is 25.8. The van der Waals surface area contributed by atoms with Crippen LogP contribution in [0.25, 0.3) is 5.69 Å². The van der Waals surface area contributed by atoms with Gasteiger partial charge in [-0.1, -0.05) is 36.4 Å². The van der Waals surface area contributed by atoms with E-state index in [1.165, 1.54) is 28.9 Å². The van der Waals surface area contributed by atoms with Crippen LogP contribution in [0.1, 0.15) is 21.6 Å². The van der Waals surface area contributed by atoms with Crippen molar-refractivity contribution in [2.24, 2.45) is 7.05 Å². The predicted octanol–water partition coefficient (Wildman–Crippen LogP) is 4.56. The predicted molar refractivity (Wildman–Crippen MR) is 132 cm³/mol. The van der Waals surface area contributed by atoms with Crippen molar-refractivity contribution in [1.29, 1.82) is 0 Å². The summed E-state index contributed by atoms with van der Waals surface area (Å²) in [5.41, 5.74) is -0.914. The lowest BCUT2D eigenvalue weighted by Crippen LogP contribution is -2.24. The van der Waals surface area contributed by atoms with E-state index in [1.54, 1.807) is 49.0 Å². The molecule has 0 fully saturated rings. The van der Waals surface area contributed by atoms with E-state index in [4.69, 9.17) is 0 Å². The van der Waals surface area contributed by atoms with Crippen LogP contribution in [-0.2, 0) is 23.2 Å². The highest BCUT2D eigenvalue weighted by Gasteiger charge is 2.32. The molecule has 0 saturated carbocycles. The molecule has 192 valence electrons. The van der Waals surface area contributed by atoms with Crippen LogP contribution in [-0.4, -0.2) is 23.7 Å². The molecule has 37 heavy (non-hydrogen) atoms. The molecule has 0 radical (unpaired) electrons. The number of alkyl halides is 3. The van der Waals surface area contributed by atoms with Crippen LogP contribution in [0.3, 0.4) is 0 Å². The van der Waals surface area contributed by atoms with E-state index in [9.17, 15) is 31.2 Å². The molecular weight excluding hydrogens is 509 g/mol. The van der Waals surface area contributed by atoms with E-state index in [0.717, 1.165) is 18.2 Å². The molecule has 1 amide bonds. The number of anilines is 2. The summed E-state index contributed by atoms with van der Waals surface area (Å²) in [7, 11) is -2.83. The number of rotatable bonds is 6. The van der Waals surface area contributed by atoms with Gasteiger partial charge in [0.25, 0.3) is 21.5 Å². The van der Waals surface area contributed by atoms with E-state index in [0.29, 0.717) is 17.4 Å². The molecule has 2 N–H and O–H groups in total. The molecule has 4 rings (SSSR count). The fraction of sp³-hybridized carbons (Fsp3) is 0.120. The van der Waals surface area contributed by atoms with Crippen LogP contribution in [0, 0.1) is 6.92 Å². The van der Waals surface area contributed by atoms with Gasteiger partial charge in [0.2, 0.25) is 0 Å². The van der Waals surface area contributed by atoms with Gasteiger partial charge < -0.3 is 5.32 Å². The van der Waals surface area contributed by atoms with E-state index in [1.807, 2.05) is 0 Å². The molecule has 3 aromatic carbocycles. The van der Waals surface area contributed by atoms with Gasteiger partial charge in [0.05, 0.1) is 33.1 Å². The van der Waals surface area contributed by atoms with Crippen LogP contribution < -0.4 is 15.6 Å². The number of nitrogens with zero attached hydrogens (tertiary/aromatic N) is 2. The number of nitrogens with one attached hydrogen (secondary N) is 2. The minimum absolute atomic E-state index is 0.00751. The summed E-state index contributed by atoms with van der Waals surface area (Å²) < 4.78 is 70.0. The first-order valence-corrected chi connectivity index (χ1v) is 12.3. The van der Waals surface area contributed by atoms with Crippen LogP contribution in [0.5, 0.6) is 0 Å². The molecule has 0 atom stereocenters. The summed E-state index contributed by atoms with van der Waals surface area (Å²) in [4.78, 5) is 25.6. The lowest BCUT2D eigenvalue weighted by Gasteiger charge is -2.14. The van der Waals surface area contributed by atoms with Gasteiger partial charge in [0.15, 0.2) is 0 Å². The van der Waals surface area contributed by atoms with Crippen LogP contribution in [0.2, 0.25) is 0 Å². The molecule has 8 nitrogen and oxygen atoms in total. The zero-order chi connectivity index (χ0) is 27.0. The quantitative estimate of drug-likeness (QED) is 0.382. The molecular formula is C25H21F3N4O4S. The minimum atomic E-state index is -4.73. The Kier molecular flexibility index (Phi) is 6.70. The maximum absolute atomic E-state index is 13.2. The standard InChI is InChI=1S/C25H21F3N4O4S/c1-16-22(24(34)32(31(16)2)18-10-4-3-5-11-18)29-23(33)20-13-6-7-14-21(20)30-37(35,36)19-12-8-9-17(15-19)25(26,27)28/h3-15,30H,1-2H3,(H,29,33). The number of aromatic nitrogens is 2. The first-order chi connectivity index (χ1) is 17.4. The maximum atomic E-state index is 13.2. The van der Waals surface area contributed by atoms with E-state index in [-0.39, 0.29) is 16.9 Å². The van der Waals surface area contributed by atoms with Gasteiger partial charge in [-0.05, 0) is 49.4 Å². The van der Waals surface area contributed by atoms with Gasteiger partial charge in [0.1, 0.15) is 5.69 Å². The molecule has 0 aliphatic carbocycles. The molecule has 4 aromatic rings. The number of halogens is 3. The molecule has 0 bridgehead atoms. The van der Waals surface area contributed by atoms with Crippen molar-refractivity contribution in [3.63, 3.8) is 0 Å². The van der Waals surface area contributed by atoms with Gasteiger partial charge in [0, 0.05) is 7.05 Å². The van der Waals surface area contributed by atoms with Gasteiger partial charge in [-0.25, -0.2) is 13.1 Å². The molecule has 1 aromatic heterocycles. The van der Waals surface area contributed by atoms with Crippen LogP contribution >= 0.6 is 0 Å². The van der Waals surface area contributed by atoms with E-state index >= 15 is 0 Å². The highest BCUT2D eigenvalue weighted by atomic mass is 32.2. The SMILES string of the molecule is Cc1c(NC(=O)c2ccccc2NS(=O)(=O)c2cccc(C(F)(F)F)c2)c(=O)n(-c2ccccc2)n1C. The zero-order valence-electron chi connectivity index (χ0n) is 19.6. The van der Waals surface area contributed by atoms with Crippen molar-refractivity contribution in [2.75, 3.05) is 10.0 Å². The molecule has 0 aliphatic heterocycles. The number of para-hydroxylation sites is 2. The topological polar surface area (TPSA) is 102 Å². The summed E-state index contributed by atoms with van der Waals surface area (Å²) >= 11 is 0. The van der Waals surface area contributed by atoms with E-state index < -0.39 is 38.1 Å². The van der Waals surface area contributed by atoms with Crippen molar-refractivity contribution in [3.05, 3.63) is 106 Å². The molecule has 0 aliphatic rings. The number of benzene rings is 3. The van der Waals surface area contributed by atoms with Crippen LogP contribution in [0.4, 0.5) is 24.5 Å². The average molecular weight is 531 g/mol. The fourth-order valence-electron chi connectivity index (χ4n) is 3.71. The normalized spacial score (nSPS) is 11.8. The third-order valence-electron chi connectivity index (χ3n) is 5.68. The number of hydrogen-bond donors (Lipinski definition) is 2. The Bertz CT molecular complexity index is 1640. The molecule has 0 saturated heterocycles. The smallest absolute Gasteiger partial charge is 0.316 e. The summed E-state index contributed by atoms with van der Waals surface area (Å²) in [6.07, 6.45) is -4.73. The van der Waals surface area contributed by atoms with E-state index in [2.05, 4.69) is 10.0 Å². The Morgan fingerprint density at radius 1 is 0.919 bits per heavy atom. The number of sulfonamides is 1. The van der Waals surface area contributed by atoms with Gasteiger partial charge in [-0.15, -0.1) is 0 Å². The lowest BCUT2D eigenvalue weighted by molar-refractivity contribution is -0.137. The molecule has 0 unspecified atom stereocenters. The first-order valence-electron chi connectivity index (χ1n) is 10.8. The molecule has 1 heterocycles.